The van der Waals surface area contributed by atoms with Gasteiger partial charge in [-0.1, -0.05) is 46.2 Å². The van der Waals surface area contributed by atoms with Gasteiger partial charge in [-0.15, -0.1) is 0 Å². The van der Waals surface area contributed by atoms with Gasteiger partial charge in [0.2, 0.25) is 0 Å². The van der Waals surface area contributed by atoms with Crippen molar-refractivity contribution in [2.24, 2.45) is 0 Å². The largest absolute Gasteiger partial charge is 0.357 e. The molecule has 5 heteroatoms. The highest BCUT2D eigenvalue weighted by Crippen LogP contribution is 2.25. The fourth-order valence-corrected chi connectivity index (χ4v) is 26.2. The van der Waals surface area contributed by atoms with Crippen molar-refractivity contribution in [2.75, 3.05) is 6.54 Å². The Hall–Kier alpha value is 0.571. The van der Waals surface area contributed by atoms with Crippen molar-refractivity contribution in [2.45, 2.75) is 59.3 Å². The van der Waals surface area contributed by atoms with E-state index in [4.69, 9.17) is 0 Å². The van der Waals surface area contributed by atoms with Gasteiger partial charge in [0.1, 0.15) is 16.5 Å². The van der Waals surface area contributed by atoms with E-state index in [2.05, 4.69) is 68.2 Å². The smallest absolute Gasteiger partial charge is 0.184 e. The van der Waals surface area contributed by atoms with Crippen molar-refractivity contribution < 1.29 is 0 Å². The quantitative estimate of drug-likeness (QED) is 0.765. The average Bonchev–Trinajstić information content (AvgIpc) is 1.75. The van der Waals surface area contributed by atoms with Gasteiger partial charge < -0.3 is 8.88 Å². The average molecular weight is 263 g/mol. The van der Waals surface area contributed by atoms with Crippen molar-refractivity contribution in [3.05, 3.63) is 0 Å². The minimum atomic E-state index is -1.40. The maximum absolute atomic E-state index is 3.77. The molecule has 15 heavy (non-hydrogen) atoms. The van der Waals surface area contributed by atoms with E-state index in [9.17, 15) is 0 Å². The molecule has 0 aliphatic rings. The lowest BCUT2D eigenvalue weighted by molar-refractivity contribution is 0.810. The molecular weight excluding hydrogens is 232 g/mol. The summed E-state index contributed by atoms with van der Waals surface area (Å²) in [6.07, 6.45) is 0. The van der Waals surface area contributed by atoms with Gasteiger partial charge in [0.05, 0.1) is 0 Å². The van der Waals surface area contributed by atoms with E-state index in [-0.39, 0.29) is 0 Å². The van der Waals surface area contributed by atoms with Gasteiger partial charge in [-0.3, -0.25) is 0 Å². The second-order valence-corrected chi connectivity index (χ2v) is 21.6. The first-order valence-corrected chi connectivity index (χ1v) is 15.8. The first kappa shape index (κ1) is 15.6. The van der Waals surface area contributed by atoms with E-state index in [0.29, 0.717) is 0 Å². The first-order valence-electron chi connectivity index (χ1n) is 5.98. The highest BCUT2D eigenvalue weighted by Gasteiger charge is 2.44. The van der Waals surface area contributed by atoms with E-state index >= 15 is 0 Å². The van der Waals surface area contributed by atoms with Gasteiger partial charge in [0.25, 0.3) is 0 Å². The van der Waals surface area contributed by atoms with Crippen LogP contribution in [-0.4, -0.2) is 35.3 Å². The van der Waals surface area contributed by atoms with E-state index in [1.807, 2.05) is 0 Å². The molecule has 0 radical (unpaired) electrons. The molecule has 0 atom stereocenters. The Kier molecular flexibility index (Phi) is 5.01. The van der Waals surface area contributed by atoms with Gasteiger partial charge in [-0.05, 0) is 19.6 Å². The lowest BCUT2D eigenvalue weighted by atomic mass is 10.8. The Labute approximate surface area is 99.8 Å². The third-order valence-electron chi connectivity index (χ3n) is 2.51. The Bertz CT molecular complexity index is 190. The molecule has 92 valence electrons. The fourth-order valence-electron chi connectivity index (χ4n) is 3.19. The maximum Gasteiger partial charge on any atom is 0.184 e. The summed E-state index contributed by atoms with van der Waals surface area (Å²) in [6.45, 7) is 23.2. The first-order chi connectivity index (χ1) is 6.43. The Morgan fingerprint density at radius 3 is 1.33 bits per heavy atom. The lowest BCUT2D eigenvalue weighted by Crippen LogP contribution is -2.74. The maximum atomic E-state index is 3.77. The summed E-state index contributed by atoms with van der Waals surface area (Å²) in [4.78, 5) is 3.77. The zero-order valence-electron chi connectivity index (χ0n) is 12.2. The van der Waals surface area contributed by atoms with E-state index in [0.717, 1.165) is 6.54 Å². The molecule has 0 aliphatic heterocycles. The van der Waals surface area contributed by atoms with Gasteiger partial charge in [0, 0.05) is 0 Å². The molecule has 1 N–H and O–H groups in total. The second-order valence-electron chi connectivity index (χ2n) is 6.77. The zero-order valence-corrected chi connectivity index (χ0v) is 15.2. The van der Waals surface area contributed by atoms with Gasteiger partial charge in [-0.25, -0.2) is 0 Å². The number of nitrogens with zero attached hydrogens (tertiary/aromatic N) is 1. The third kappa shape index (κ3) is 4.52. The van der Waals surface area contributed by atoms with E-state index < -0.39 is 24.9 Å². The molecule has 2 nitrogen and oxygen atoms in total. The number of rotatable bonds is 5. The Morgan fingerprint density at radius 1 is 0.800 bits per heavy atom. The van der Waals surface area contributed by atoms with Crippen LogP contribution in [0.4, 0.5) is 0 Å². The summed E-state index contributed by atoms with van der Waals surface area (Å²) >= 11 is 0. The molecule has 0 aromatic heterocycles. The molecule has 0 saturated heterocycles. The minimum Gasteiger partial charge on any atom is -0.357 e. The van der Waals surface area contributed by atoms with Crippen LogP contribution in [0.1, 0.15) is 6.92 Å². The SMILES string of the molecule is CCN[Si](C)(C)N([Si](C)(C)C)[Si](C)(C)C. The van der Waals surface area contributed by atoms with Crippen molar-refractivity contribution in [1.29, 1.82) is 0 Å². The standard InChI is InChI=1S/C10H30N2Si3/c1-10-11-15(8,9)12(13(2,3)4)14(5,6)7/h11H,10H2,1-9H3. The monoisotopic (exact) mass is 262 g/mol. The summed E-state index contributed by atoms with van der Waals surface area (Å²) in [5.41, 5.74) is 0. The minimum absolute atomic E-state index is 1.10. The predicted octanol–water partition coefficient (Wildman–Crippen LogP) is 3.27. The Morgan fingerprint density at radius 2 is 1.13 bits per heavy atom. The third-order valence-corrected chi connectivity index (χ3v) is 18.9. The molecule has 0 unspecified atom stereocenters. The van der Waals surface area contributed by atoms with Crippen molar-refractivity contribution in [3.63, 3.8) is 0 Å². The number of nitrogens with one attached hydrogen (secondary N) is 1. The van der Waals surface area contributed by atoms with Crippen LogP contribution in [0, 0.1) is 0 Å². The van der Waals surface area contributed by atoms with Crippen LogP contribution in [0.2, 0.25) is 52.4 Å². The number of hydrogen-bond donors (Lipinski definition) is 1. The summed E-state index contributed by atoms with van der Waals surface area (Å²) in [6, 6.07) is 0. The molecule has 0 bridgehead atoms. The number of hydrogen-bond acceptors (Lipinski definition) is 2. The van der Waals surface area contributed by atoms with Crippen LogP contribution in [0.25, 0.3) is 0 Å². The molecule has 0 saturated carbocycles. The van der Waals surface area contributed by atoms with Crippen LogP contribution in [-0.2, 0) is 0 Å². The van der Waals surface area contributed by atoms with Crippen molar-refractivity contribution >= 4 is 24.9 Å². The molecule has 0 aliphatic carbocycles. The molecule has 0 fully saturated rings. The summed E-state index contributed by atoms with van der Waals surface area (Å²) in [7, 11) is -3.80. The molecule has 0 rings (SSSR count). The molecule has 0 aromatic rings. The highest BCUT2D eigenvalue weighted by atomic mass is 28.5. The van der Waals surface area contributed by atoms with E-state index in [1.54, 1.807) is 0 Å². The van der Waals surface area contributed by atoms with Gasteiger partial charge >= 0.3 is 0 Å². The van der Waals surface area contributed by atoms with Gasteiger partial charge in [-0.2, -0.15) is 0 Å². The zero-order chi connectivity index (χ0) is 12.5. The lowest BCUT2D eigenvalue weighted by Gasteiger charge is -2.52. The van der Waals surface area contributed by atoms with Crippen LogP contribution >= 0.6 is 0 Å². The van der Waals surface area contributed by atoms with Gasteiger partial charge in [0.15, 0.2) is 8.40 Å². The van der Waals surface area contributed by atoms with Crippen LogP contribution < -0.4 is 4.98 Å². The topological polar surface area (TPSA) is 15.3 Å². The van der Waals surface area contributed by atoms with Crippen LogP contribution in [0.3, 0.4) is 0 Å². The van der Waals surface area contributed by atoms with Crippen LogP contribution in [0.5, 0.6) is 0 Å². The Balaban J connectivity index is 5.13. The molecule has 0 spiro atoms. The second kappa shape index (κ2) is 4.83. The molecule has 0 heterocycles. The predicted molar refractivity (Wildman–Crippen MR) is 79.7 cm³/mol. The van der Waals surface area contributed by atoms with Crippen molar-refractivity contribution in [1.82, 2.24) is 8.88 Å². The van der Waals surface area contributed by atoms with Crippen molar-refractivity contribution in [3.8, 4) is 0 Å². The summed E-state index contributed by atoms with van der Waals surface area (Å²) < 4.78 is 2.95. The molecule has 0 amide bonds. The van der Waals surface area contributed by atoms with E-state index in [1.165, 1.54) is 0 Å². The molecular formula is C10H30N2Si3. The summed E-state index contributed by atoms with van der Waals surface area (Å²) in [5.74, 6) is 0. The normalized spacial score (nSPS) is 14.8. The fraction of sp³-hybridized carbons (Fsp3) is 1.00. The summed E-state index contributed by atoms with van der Waals surface area (Å²) in [5, 5.41) is 0. The molecule has 0 aromatic carbocycles. The highest BCUT2D eigenvalue weighted by molar-refractivity contribution is 7.03. The van der Waals surface area contributed by atoms with Crippen LogP contribution in [0.15, 0.2) is 0 Å².